The minimum Gasteiger partial charge on any atom is -0.457 e. The lowest BCUT2D eigenvalue weighted by atomic mass is 10.1. The van der Waals surface area contributed by atoms with Gasteiger partial charge < -0.3 is 14.3 Å². The standard InChI is InChI=1S/C22H23N3O4/c1-4-11-25-14(2)12-17(15(25)3)19(26)13-29-21(27)10-9-20-23-18-8-6-5-7-16(18)22(28)24-20/h4-8,12H,1,9-11,13H2,2-3H3,(H,23,24,28). The van der Waals surface area contributed by atoms with Gasteiger partial charge in [-0.1, -0.05) is 18.2 Å². The molecule has 0 unspecified atom stereocenters. The number of Topliss-reactive ketones (excluding diaryl/α,β-unsaturated/α-hetero) is 1. The average Bonchev–Trinajstić information content (AvgIpc) is 2.99. The maximum absolute atomic E-state index is 12.4. The lowest BCUT2D eigenvalue weighted by molar-refractivity contribution is -0.142. The van der Waals surface area contributed by atoms with E-state index in [1.165, 1.54) is 0 Å². The number of ether oxygens (including phenoxy) is 1. The Morgan fingerprint density at radius 3 is 2.79 bits per heavy atom. The number of carbonyl (C=O) groups is 2. The van der Waals surface area contributed by atoms with E-state index in [0.29, 0.717) is 28.8 Å². The van der Waals surface area contributed by atoms with Crippen LogP contribution in [0.5, 0.6) is 0 Å². The van der Waals surface area contributed by atoms with E-state index in [1.54, 1.807) is 36.4 Å². The van der Waals surface area contributed by atoms with Crippen LogP contribution >= 0.6 is 0 Å². The molecule has 0 aliphatic rings. The molecule has 7 heteroatoms. The van der Waals surface area contributed by atoms with Crippen LogP contribution in [0.4, 0.5) is 0 Å². The van der Waals surface area contributed by atoms with Gasteiger partial charge in [-0.15, -0.1) is 6.58 Å². The lowest BCUT2D eigenvalue weighted by Gasteiger charge is -2.07. The van der Waals surface area contributed by atoms with Crippen molar-refractivity contribution in [1.82, 2.24) is 14.5 Å². The Hall–Kier alpha value is -3.48. The molecule has 0 atom stereocenters. The Labute approximate surface area is 168 Å². The number of esters is 1. The van der Waals surface area contributed by atoms with Gasteiger partial charge in [0, 0.05) is 29.9 Å². The molecule has 150 valence electrons. The molecule has 29 heavy (non-hydrogen) atoms. The van der Waals surface area contributed by atoms with Crippen LogP contribution in [0.15, 0.2) is 47.8 Å². The molecule has 0 saturated heterocycles. The van der Waals surface area contributed by atoms with Gasteiger partial charge in [-0.2, -0.15) is 0 Å². The smallest absolute Gasteiger partial charge is 0.306 e. The predicted octanol–water partition coefficient (Wildman–Crippen LogP) is 2.89. The highest BCUT2D eigenvalue weighted by Gasteiger charge is 2.17. The van der Waals surface area contributed by atoms with E-state index < -0.39 is 5.97 Å². The molecule has 3 aromatic rings. The van der Waals surface area contributed by atoms with Crippen molar-refractivity contribution in [3.05, 3.63) is 76.1 Å². The number of para-hydroxylation sites is 1. The Bertz CT molecular complexity index is 1140. The summed E-state index contributed by atoms with van der Waals surface area (Å²) in [6.45, 7) is 7.78. The molecule has 0 bridgehead atoms. The Morgan fingerprint density at radius 2 is 2.03 bits per heavy atom. The minimum absolute atomic E-state index is 0.0179. The first-order valence-electron chi connectivity index (χ1n) is 9.35. The molecule has 0 radical (unpaired) electrons. The fraction of sp³-hybridized carbons (Fsp3) is 0.273. The van der Waals surface area contributed by atoms with Gasteiger partial charge in [0.1, 0.15) is 5.82 Å². The number of fused-ring (bicyclic) bond motifs is 1. The van der Waals surface area contributed by atoms with E-state index >= 15 is 0 Å². The minimum atomic E-state index is -0.519. The summed E-state index contributed by atoms with van der Waals surface area (Å²) < 4.78 is 7.10. The molecular weight excluding hydrogens is 370 g/mol. The largest absolute Gasteiger partial charge is 0.457 e. The molecule has 0 aliphatic carbocycles. The summed E-state index contributed by atoms with van der Waals surface area (Å²) in [5.74, 6) is -0.363. The monoisotopic (exact) mass is 393 g/mol. The second kappa shape index (κ2) is 8.68. The zero-order chi connectivity index (χ0) is 21.0. The zero-order valence-corrected chi connectivity index (χ0v) is 16.5. The summed E-state index contributed by atoms with van der Waals surface area (Å²) >= 11 is 0. The highest BCUT2D eigenvalue weighted by molar-refractivity contribution is 5.99. The molecule has 0 aliphatic heterocycles. The summed E-state index contributed by atoms with van der Waals surface area (Å²) in [5.41, 5.74) is 2.64. The third-order valence-electron chi connectivity index (χ3n) is 4.78. The molecule has 3 rings (SSSR count). The average molecular weight is 393 g/mol. The number of hydrogen-bond acceptors (Lipinski definition) is 5. The van der Waals surface area contributed by atoms with E-state index in [9.17, 15) is 14.4 Å². The number of allylic oxidation sites excluding steroid dienone is 1. The fourth-order valence-electron chi connectivity index (χ4n) is 3.26. The molecule has 2 heterocycles. The van der Waals surface area contributed by atoms with Gasteiger partial charge in [-0.3, -0.25) is 14.4 Å². The molecular formula is C22H23N3O4. The molecule has 0 amide bonds. The van der Waals surface area contributed by atoms with Crippen LogP contribution in [0.1, 0.15) is 34.0 Å². The van der Waals surface area contributed by atoms with Crippen LogP contribution in [0.2, 0.25) is 0 Å². The topological polar surface area (TPSA) is 94.0 Å². The SMILES string of the molecule is C=CCn1c(C)cc(C(=O)COC(=O)CCc2nc3ccccc3c(=O)[nH]2)c1C. The molecule has 0 saturated carbocycles. The zero-order valence-electron chi connectivity index (χ0n) is 16.5. The Morgan fingerprint density at radius 1 is 1.28 bits per heavy atom. The molecule has 1 aromatic carbocycles. The van der Waals surface area contributed by atoms with E-state index in [2.05, 4.69) is 16.5 Å². The van der Waals surface area contributed by atoms with Crippen LogP contribution in [-0.4, -0.2) is 32.9 Å². The number of aromatic nitrogens is 3. The van der Waals surface area contributed by atoms with E-state index in [1.807, 2.05) is 18.4 Å². The third kappa shape index (κ3) is 4.51. The lowest BCUT2D eigenvalue weighted by Crippen LogP contribution is -2.17. The van der Waals surface area contributed by atoms with Crippen molar-refractivity contribution in [2.45, 2.75) is 33.2 Å². The van der Waals surface area contributed by atoms with Crippen molar-refractivity contribution >= 4 is 22.7 Å². The number of aryl methyl sites for hydroxylation is 2. The second-order valence-electron chi connectivity index (χ2n) is 6.80. The van der Waals surface area contributed by atoms with Gasteiger partial charge in [0.2, 0.25) is 5.78 Å². The number of aromatic amines is 1. The third-order valence-corrected chi connectivity index (χ3v) is 4.78. The summed E-state index contributed by atoms with van der Waals surface area (Å²) in [6.07, 6.45) is 2.00. The fourth-order valence-corrected chi connectivity index (χ4v) is 3.26. The first kappa shape index (κ1) is 20.3. The number of nitrogens with one attached hydrogen (secondary N) is 1. The highest BCUT2D eigenvalue weighted by Crippen LogP contribution is 2.16. The van der Waals surface area contributed by atoms with Gasteiger partial charge in [0.15, 0.2) is 6.61 Å². The molecule has 1 N–H and O–H groups in total. The molecule has 7 nitrogen and oxygen atoms in total. The van der Waals surface area contributed by atoms with Gasteiger partial charge in [0.25, 0.3) is 5.56 Å². The van der Waals surface area contributed by atoms with Crippen molar-refractivity contribution in [2.75, 3.05) is 6.61 Å². The van der Waals surface area contributed by atoms with Crippen molar-refractivity contribution in [3.8, 4) is 0 Å². The summed E-state index contributed by atoms with van der Waals surface area (Å²) in [5, 5.41) is 0.499. The summed E-state index contributed by atoms with van der Waals surface area (Å²) in [4.78, 5) is 43.6. The van der Waals surface area contributed by atoms with E-state index in [-0.39, 0.29) is 30.8 Å². The number of nitrogens with zero attached hydrogens (tertiary/aromatic N) is 2. The summed E-state index contributed by atoms with van der Waals surface area (Å²) in [7, 11) is 0. The first-order chi connectivity index (χ1) is 13.9. The number of ketones is 1. The van der Waals surface area contributed by atoms with Gasteiger partial charge in [-0.05, 0) is 32.0 Å². The second-order valence-corrected chi connectivity index (χ2v) is 6.80. The van der Waals surface area contributed by atoms with Gasteiger partial charge in [-0.25, -0.2) is 4.98 Å². The Balaban J connectivity index is 1.58. The highest BCUT2D eigenvalue weighted by atomic mass is 16.5. The van der Waals surface area contributed by atoms with Crippen molar-refractivity contribution in [3.63, 3.8) is 0 Å². The van der Waals surface area contributed by atoms with Gasteiger partial charge in [0.05, 0.1) is 17.3 Å². The van der Waals surface area contributed by atoms with Crippen LogP contribution in [-0.2, 0) is 22.5 Å². The number of hydrogen-bond donors (Lipinski definition) is 1. The summed E-state index contributed by atoms with van der Waals surface area (Å²) in [6, 6.07) is 8.79. The molecule has 0 spiro atoms. The van der Waals surface area contributed by atoms with Crippen LogP contribution in [0.3, 0.4) is 0 Å². The van der Waals surface area contributed by atoms with E-state index in [4.69, 9.17) is 4.74 Å². The number of benzene rings is 1. The van der Waals surface area contributed by atoms with Crippen molar-refractivity contribution < 1.29 is 14.3 Å². The predicted molar refractivity (Wildman–Crippen MR) is 110 cm³/mol. The van der Waals surface area contributed by atoms with Crippen molar-refractivity contribution in [1.29, 1.82) is 0 Å². The van der Waals surface area contributed by atoms with E-state index in [0.717, 1.165) is 11.4 Å². The van der Waals surface area contributed by atoms with Crippen LogP contribution < -0.4 is 5.56 Å². The first-order valence-corrected chi connectivity index (χ1v) is 9.35. The maximum Gasteiger partial charge on any atom is 0.306 e. The van der Waals surface area contributed by atoms with Gasteiger partial charge >= 0.3 is 5.97 Å². The quantitative estimate of drug-likeness (QED) is 0.361. The van der Waals surface area contributed by atoms with Crippen molar-refractivity contribution in [2.24, 2.45) is 0 Å². The van der Waals surface area contributed by atoms with Crippen LogP contribution in [0.25, 0.3) is 10.9 Å². The van der Waals surface area contributed by atoms with Crippen LogP contribution in [0, 0.1) is 13.8 Å². The normalized spacial score (nSPS) is 10.8. The number of carbonyl (C=O) groups excluding carboxylic acids is 2. The number of H-pyrrole nitrogens is 1. The number of rotatable bonds is 8. The molecule has 2 aromatic heterocycles. The Kier molecular flexibility index (Phi) is 6.07. The maximum atomic E-state index is 12.4. The molecule has 0 fully saturated rings.